The van der Waals surface area contributed by atoms with Gasteiger partial charge >= 0.3 is 0 Å². The van der Waals surface area contributed by atoms with Gasteiger partial charge in [0.05, 0.1) is 12.1 Å². The highest BCUT2D eigenvalue weighted by Gasteiger charge is 2.22. The highest BCUT2D eigenvalue weighted by molar-refractivity contribution is 5.77. The Morgan fingerprint density at radius 3 is 2.67 bits per heavy atom. The standard InChI is InChI=1S/C7H16N4O/c8-7(11-9)10-5-3-1-2-4-6(5)12/h5-6,12H,1-4,9H2,(H3,8,10,11). The Hall–Kier alpha value is -0.810. The Morgan fingerprint density at radius 1 is 1.42 bits per heavy atom. The number of hydrogen-bond acceptors (Lipinski definition) is 3. The van der Waals surface area contributed by atoms with Crippen molar-refractivity contribution in [2.24, 2.45) is 16.6 Å². The van der Waals surface area contributed by atoms with Crippen molar-refractivity contribution in [3.8, 4) is 0 Å². The van der Waals surface area contributed by atoms with Crippen molar-refractivity contribution >= 4 is 5.96 Å². The van der Waals surface area contributed by atoms with Gasteiger partial charge in [0, 0.05) is 0 Å². The fourth-order valence-corrected chi connectivity index (χ4v) is 1.46. The average molecular weight is 172 g/mol. The van der Waals surface area contributed by atoms with Gasteiger partial charge in [0.15, 0.2) is 0 Å². The third kappa shape index (κ3) is 2.35. The number of hydrazine groups is 1. The maximum Gasteiger partial charge on any atom is 0.203 e. The molecule has 1 fully saturated rings. The molecule has 70 valence electrons. The second kappa shape index (κ2) is 4.27. The Bertz CT molecular complexity index is 171. The van der Waals surface area contributed by atoms with Crippen molar-refractivity contribution in [1.82, 2.24) is 5.43 Å². The predicted molar refractivity (Wildman–Crippen MR) is 47.2 cm³/mol. The van der Waals surface area contributed by atoms with Gasteiger partial charge < -0.3 is 10.8 Å². The van der Waals surface area contributed by atoms with Gasteiger partial charge in [0.2, 0.25) is 5.96 Å². The second-order valence-corrected chi connectivity index (χ2v) is 3.08. The van der Waals surface area contributed by atoms with Crippen molar-refractivity contribution in [3.05, 3.63) is 0 Å². The molecule has 2 atom stereocenters. The fourth-order valence-electron chi connectivity index (χ4n) is 1.46. The van der Waals surface area contributed by atoms with E-state index in [1.54, 1.807) is 0 Å². The molecule has 0 aromatic heterocycles. The first-order chi connectivity index (χ1) is 5.74. The van der Waals surface area contributed by atoms with Gasteiger partial charge in [-0.3, -0.25) is 5.43 Å². The summed E-state index contributed by atoms with van der Waals surface area (Å²) >= 11 is 0. The SMILES string of the molecule is NNC(N)=NC1CCCCC1O. The zero-order chi connectivity index (χ0) is 8.97. The number of hydrogen-bond donors (Lipinski definition) is 4. The predicted octanol–water partition coefficient (Wildman–Crippen LogP) is -0.932. The molecule has 6 N–H and O–H groups in total. The summed E-state index contributed by atoms with van der Waals surface area (Å²) in [4.78, 5) is 4.04. The van der Waals surface area contributed by atoms with Crippen LogP contribution in [0.3, 0.4) is 0 Å². The summed E-state index contributed by atoms with van der Waals surface area (Å²) in [5.74, 6) is 5.24. The van der Waals surface area contributed by atoms with Gasteiger partial charge in [0.1, 0.15) is 0 Å². The molecule has 1 rings (SSSR count). The van der Waals surface area contributed by atoms with Gasteiger partial charge in [-0.15, -0.1) is 0 Å². The van der Waals surface area contributed by atoms with Crippen molar-refractivity contribution in [1.29, 1.82) is 0 Å². The van der Waals surface area contributed by atoms with Crippen molar-refractivity contribution in [3.63, 3.8) is 0 Å². The van der Waals surface area contributed by atoms with Crippen LogP contribution in [-0.4, -0.2) is 23.2 Å². The molecular formula is C7H16N4O. The third-order valence-electron chi connectivity index (χ3n) is 2.15. The summed E-state index contributed by atoms with van der Waals surface area (Å²) < 4.78 is 0. The lowest BCUT2D eigenvalue weighted by atomic mass is 9.93. The van der Waals surface area contributed by atoms with Crippen LogP contribution < -0.4 is 17.0 Å². The molecule has 5 heteroatoms. The molecule has 1 aliphatic rings. The first-order valence-electron chi connectivity index (χ1n) is 4.22. The van der Waals surface area contributed by atoms with Gasteiger partial charge in [0.25, 0.3) is 0 Å². The Kier molecular flexibility index (Phi) is 3.31. The topological polar surface area (TPSA) is 96.7 Å². The van der Waals surface area contributed by atoms with Crippen LogP contribution in [0.15, 0.2) is 4.99 Å². The van der Waals surface area contributed by atoms with Crippen molar-refractivity contribution < 1.29 is 5.11 Å². The van der Waals surface area contributed by atoms with E-state index in [9.17, 15) is 5.11 Å². The molecule has 0 spiro atoms. The molecule has 0 heterocycles. The Morgan fingerprint density at radius 2 is 2.08 bits per heavy atom. The molecular weight excluding hydrogens is 156 g/mol. The fraction of sp³-hybridized carbons (Fsp3) is 0.857. The van der Waals surface area contributed by atoms with Gasteiger partial charge in [-0.1, -0.05) is 12.8 Å². The van der Waals surface area contributed by atoms with Gasteiger partial charge in [-0.2, -0.15) is 0 Å². The maximum absolute atomic E-state index is 9.48. The van der Waals surface area contributed by atoms with Crippen LogP contribution in [0, 0.1) is 0 Å². The molecule has 0 aliphatic heterocycles. The average Bonchev–Trinajstić information content (AvgIpc) is 2.09. The van der Waals surface area contributed by atoms with E-state index >= 15 is 0 Å². The van der Waals surface area contributed by atoms with Crippen LogP contribution in [0.4, 0.5) is 0 Å². The molecule has 1 saturated carbocycles. The van der Waals surface area contributed by atoms with Crippen LogP contribution in [0.25, 0.3) is 0 Å². The number of guanidine groups is 1. The number of aliphatic hydroxyl groups is 1. The zero-order valence-corrected chi connectivity index (χ0v) is 7.03. The van der Waals surface area contributed by atoms with Crippen molar-refractivity contribution in [2.45, 2.75) is 37.8 Å². The molecule has 0 aromatic rings. The summed E-state index contributed by atoms with van der Waals surface area (Å²) in [5.41, 5.74) is 7.62. The van der Waals surface area contributed by atoms with Crippen molar-refractivity contribution in [2.75, 3.05) is 0 Å². The van der Waals surface area contributed by atoms with Gasteiger partial charge in [-0.25, -0.2) is 10.8 Å². The first-order valence-corrected chi connectivity index (χ1v) is 4.22. The summed E-state index contributed by atoms with van der Waals surface area (Å²) in [5, 5.41) is 9.48. The van der Waals surface area contributed by atoms with E-state index in [2.05, 4.69) is 10.4 Å². The molecule has 0 bridgehead atoms. The van der Waals surface area contributed by atoms with E-state index in [0.29, 0.717) is 0 Å². The van der Waals surface area contributed by atoms with Crippen LogP contribution in [-0.2, 0) is 0 Å². The molecule has 2 unspecified atom stereocenters. The summed E-state index contributed by atoms with van der Waals surface area (Å²) in [6, 6.07) is -0.0743. The lowest BCUT2D eigenvalue weighted by Crippen LogP contribution is -2.40. The molecule has 0 aromatic carbocycles. The smallest absolute Gasteiger partial charge is 0.203 e. The summed E-state index contributed by atoms with van der Waals surface area (Å²) in [6.45, 7) is 0. The quantitative estimate of drug-likeness (QED) is 0.178. The lowest BCUT2D eigenvalue weighted by molar-refractivity contribution is 0.109. The number of aliphatic hydroxyl groups excluding tert-OH is 1. The van der Waals surface area contributed by atoms with Crippen LogP contribution in [0.5, 0.6) is 0 Å². The van der Waals surface area contributed by atoms with E-state index < -0.39 is 0 Å². The van der Waals surface area contributed by atoms with E-state index in [1.807, 2.05) is 0 Å². The minimum atomic E-state index is -0.356. The maximum atomic E-state index is 9.48. The number of nitrogens with two attached hydrogens (primary N) is 2. The monoisotopic (exact) mass is 172 g/mol. The molecule has 12 heavy (non-hydrogen) atoms. The molecule has 0 amide bonds. The minimum Gasteiger partial charge on any atom is -0.391 e. The molecule has 1 aliphatic carbocycles. The Labute approximate surface area is 71.8 Å². The van der Waals surface area contributed by atoms with Crippen LogP contribution in [0.1, 0.15) is 25.7 Å². The lowest BCUT2D eigenvalue weighted by Gasteiger charge is -2.24. The van der Waals surface area contributed by atoms with E-state index in [-0.39, 0.29) is 18.1 Å². The van der Waals surface area contributed by atoms with E-state index in [4.69, 9.17) is 11.6 Å². The van der Waals surface area contributed by atoms with E-state index in [1.165, 1.54) is 0 Å². The number of rotatable bonds is 1. The molecule has 0 radical (unpaired) electrons. The Balaban J connectivity index is 2.48. The normalized spacial score (nSPS) is 31.7. The number of aliphatic imine (C=N–C) groups is 1. The summed E-state index contributed by atoms with van der Waals surface area (Å²) in [7, 11) is 0. The summed E-state index contributed by atoms with van der Waals surface area (Å²) in [6.07, 6.45) is 3.52. The minimum absolute atomic E-state index is 0.0743. The molecule has 0 saturated heterocycles. The van der Waals surface area contributed by atoms with E-state index in [0.717, 1.165) is 25.7 Å². The van der Waals surface area contributed by atoms with Gasteiger partial charge in [-0.05, 0) is 12.8 Å². The number of nitrogens with one attached hydrogen (secondary N) is 1. The highest BCUT2D eigenvalue weighted by Crippen LogP contribution is 2.20. The van der Waals surface area contributed by atoms with Crippen LogP contribution in [0.2, 0.25) is 0 Å². The molecule has 5 nitrogen and oxygen atoms in total. The second-order valence-electron chi connectivity index (χ2n) is 3.08. The highest BCUT2D eigenvalue weighted by atomic mass is 16.3. The zero-order valence-electron chi connectivity index (χ0n) is 7.03. The number of nitrogens with zero attached hydrogens (tertiary/aromatic N) is 1. The third-order valence-corrected chi connectivity index (χ3v) is 2.15. The van der Waals surface area contributed by atoms with Crippen LogP contribution >= 0.6 is 0 Å². The largest absolute Gasteiger partial charge is 0.391 e. The first kappa shape index (κ1) is 9.28.